The number of aliphatic carboxylic acids is 1. The number of nitrogens with zero attached hydrogens (tertiary/aromatic N) is 1. The molecule has 0 amide bonds. The van der Waals surface area contributed by atoms with Crippen molar-refractivity contribution in [1.29, 1.82) is 0 Å². The summed E-state index contributed by atoms with van der Waals surface area (Å²) in [5, 5.41) is 11.9. The highest BCUT2D eigenvalue weighted by molar-refractivity contribution is 5.74. The number of nitrogens with one attached hydrogen (secondary N) is 1. The third-order valence-corrected chi connectivity index (χ3v) is 2.83. The maximum Gasteiger partial charge on any atom is 0.322 e. The molecule has 0 saturated carbocycles. The molecule has 2 aliphatic rings. The molecule has 0 spiro atoms. The summed E-state index contributed by atoms with van der Waals surface area (Å²) in [6, 6.07) is -0.0856. The molecule has 0 bridgehead atoms. The van der Waals surface area contributed by atoms with Crippen molar-refractivity contribution in [2.75, 3.05) is 19.6 Å². The Labute approximate surface area is 71.5 Å². The van der Waals surface area contributed by atoms with Crippen molar-refractivity contribution in [2.24, 2.45) is 0 Å². The number of rotatable bonds is 1. The molecule has 0 aromatic rings. The highest BCUT2D eigenvalue weighted by atomic mass is 16.4. The number of hydrogen-bond acceptors (Lipinski definition) is 3. The van der Waals surface area contributed by atoms with Crippen LogP contribution < -0.4 is 5.32 Å². The Bertz CT molecular complexity index is 195. The standard InChI is InChI=1S/C8H14N2O2/c11-8(12)7-6-2-1-4-10(6)5-3-9-7/h6-7,9H,1-5H2,(H,11,12)/t6-,7-/m1/s1. The van der Waals surface area contributed by atoms with E-state index in [-0.39, 0.29) is 12.1 Å². The summed E-state index contributed by atoms with van der Waals surface area (Å²) >= 11 is 0. The van der Waals surface area contributed by atoms with Gasteiger partial charge in [0.05, 0.1) is 0 Å². The van der Waals surface area contributed by atoms with E-state index in [4.69, 9.17) is 5.11 Å². The van der Waals surface area contributed by atoms with Crippen molar-refractivity contribution in [3.8, 4) is 0 Å². The van der Waals surface area contributed by atoms with E-state index in [9.17, 15) is 4.79 Å². The molecule has 4 heteroatoms. The predicted octanol–water partition coefficient (Wildman–Crippen LogP) is -0.493. The molecule has 2 aliphatic heterocycles. The van der Waals surface area contributed by atoms with E-state index in [1.165, 1.54) is 0 Å². The third kappa shape index (κ3) is 1.21. The molecule has 2 N–H and O–H groups in total. The lowest BCUT2D eigenvalue weighted by atomic mass is 10.0. The second-order valence-electron chi connectivity index (χ2n) is 3.52. The van der Waals surface area contributed by atoms with Gasteiger partial charge in [-0.3, -0.25) is 9.69 Å². The first-order valence-electron chi connectivity index (χ1n) is 4.49. The number of fused-ring (bicyclic) bond motifs is 1. The lowest BCUT2D eigenvalue weighted by molar-refractivity contribution is -0.142. The lowest BCUT2D eigenvalue weighted by Gasteiger charge is -2.34. The molecule has 68 valence electrons. The van der Waals surface area contributed by atoms with Gasteiger partial charge in [-0.05, 0) is 19.4 Å². The Morgan fingerprint density at radius 1 is 1.50 bits per heavy atom. The Balaban J connectivity index is 2.08. The molecule has 0 aromatic carbocycles. The molecule has 2 fully saturated rings. The summed E-state index contributed by atoms with van der Waals surface area (Å²) in [5.41, 5.74) is 0. The first-order chi connectivity index (χ1) is 5.79. The zero-order valence-electron chi connectivity index (χ0n) is 6.99. The summed E-state index contributed by atoms with van der Waals surface area (Å²) in [7, 11) is 0. The monoisotopic (exact) mass is 170 g/mol. The number of carboxylic acid groups (broad SMARTS) is 1. The van der Waals surface area contributed by atoms with Gasteiger partial charge in [0.15, 0.2) is 0 Å². The van der Waals surface area contributed by atoms with Crippen molar-refractivity contribution in [3.05, 3.63) is 0 Å². The van der Waals surface area contributed by atoms with Crippen LogP contribution in [0.1, 0.15) is 12.8 Å². The summed E-state index contributed by atoms with van der Waals surface area (Å²) in [6.07, 6.45) is 2.18. The van der Waals surface area contributed by atoms with E-state index in [0.717, 1.165) is 32.5 Å². The Kier molecular flexibility index (Phi) is 2.02. The first-order valence-corrected chi connectivity index (χ1v) is 4.49. The lowest BCUT2D eigenvalue weighted by Crippen LogP contribution is -2.58. The molecule has 2 saturated heterocycles. The van der Waals surface area contributed by atoms with Crippen LogP contribution in [0.3, 0.4) is 0 Å². The molecule has 2 heterocycles. The number of carbonyl (C=O) groups is 1. The molecular formula is C8H14N2O2. The van der Waals surface area contributed by atoms with Gasteiger partial charge in [0.25, 0.3) is 0 Å². The van der Waals surface area contributed by atoms with Crippen LogP contribution in [-0.4, -0.2) is 47.7 Å². The smallest absolute Gasteiger partial charge is 0.322 e. The normalized spacial score (nSPS) is 36.3. The molecule has 2 rings (SSSR count). The van der Waals surface area contributed by atoms with Gasteiger partial charge in [0, 0.05) is 19.1 Å². The second kappa shape index (κ2) is 3.03. The topological polar surface area (TPSA) is 52.6 Å². The Morgan fingerprint density at radius 3 is 3.08 bits per heavy atom. The fraction of sp³-hybridized carbons (Fsp3) is 0.875. The highest BCUT2D eigenvalue weighted by Crippen LogP contribution is 2.22. The molecule has 4 nitrogen and oxygen atoms in total. The van der Waals surface area contributed by atoms with Gasteiger partial charge in [0.1, 0.15) is 6.04 Å². The Hall–Kier alpha value is -0.610. The van der Waals surface area contributed by atoms with E-state index in [1.807, 2.05) is 0 Å². The minimum absolute atomic E-state index is 0.247. The van der Waals surface area contributed by atoms with Crippen LogP contribution in [0.15, 0.2) is 0 Å². The quantitative estimate of drug-likeness (QED) is 0.557. The van der Waals surface area contributed by atoms with Crippen molar-refractivity contribution in [2.45, 2.75) is 24.9 Å². The fourth-order valence-electron chi connectivity index (χ4n) is 2.26. The van der Waals surface area contributed by atoms with E-state index in [1.54, 1.807) is 0 Å². The largest absolute Gasteiger partial charge is 0.480 e. The van der Waals surface area contributed by atoms with E-state index >= 15 is 0 Å². The number of piperazine rings is 1. The Morgan fingerprint density at radius 2 is 2.33 bits per heavy atom. The highest BCUT2D eigenvalue weighted by Gasteiger charge is 2.38. The van der Waals surface area contributed by atoms with Crippen LogP contribution >= 0.6 is 0 Å². The molecule has 0 aromatic heterocycles. The predicted molar refractivity (Wildman–Crippen MR) is 44.0 cm³/mol. The number of hydrogen-bond donors (Lipinski definition) is 2. The maximum atomic E-state index is 10.8. The summed E-state index contributed by atoms with van der Waals surface area (Å²) in [4.78, 5) is 13.1. The minimum atomic E-state index is -0.702. The van der Waals surface area contributed by atoms with Crippen molar-refractivity contribution in [1.82, 2.24) is 10.2 Å². The first kappa shape index (κ1) is 8.01. The van der Waals surface area contributed by atoms with E-state index in [2.05, 4.69) is 10.2 Å². The van der Waals surface area contributed by atoms with Crippen molar-refractivity contribution in [3.63, 3.8) is 0 Å². The van der Waals surface area contributed by atoms with Gasteiger partial charge in [0.2, 0.25) is 0 Å². The van der Waals surface area contributed by atoms with Crippen LogP contribution in [-0.2, 0) is 4.79 Å². The zero-order valence-corrected chi connectivity index (χ0v) is 6.99. The SMILES string of the molecule is O=C(O)[C@@H]1NCCN2CCC[C@H]12. The van der Waals surface area contributed by atoms with Crippen LogP contribution in [0.25, 0.3) is 0 Å². The molecule has 0 radical (unpaired) electrons. The van der Waals surface area contributed by atoms with Gasteiger partial charge >= 0.3 is 5.97 Å². The summed E-state index contributed by atoms with van der Waals surface area (Å²) in [5.74, 6) is -0.702. The molecule has 0 unspecified atom stereocenters. The van der Waals surface area contributed by atoms with Gasteiger partial charge in [-0.1, -0.05) is 0 Å². The summed E-state index contributed by atoms with van der Waals surface area (Å²) in [6.45, 7) is 2.90. The van der Waals surface area contributed by atoms with Crippen LogP contribution in [0.2, 0.25) is 0 Å². The fourth-order valence-corrected chi connectivity index (χ4v) is 2.26. The van der Waals surface area contributed by atoms with Gasteiger partial charge in [-0.15, -0.1) is 0 Å². The van der Waals surface area contributed by atoms with E-state index < -0.39 is 5.97 Å². The third-order valence-electron chi connectivity index (χ3n) is 2.83. The number of carboxylic acids is 1. The van der Waals surface area contributed by atoms with Gasteiger partial charge in [-0.2, -0.15) is 0 Å². The zero-order chi connectivity index (χ0) is 8.55. The molecule has 2 atom stereocenters. The average molecular weight is 170 g/mol. The van der Waals surface area contributed by atoms with Crippen molar-refractivity contribution < 1.29 is 9.90 Å². The summed E-state index contributed by atoms with van der Waals surface area (Å²) < 4.78 is 0. The van der Waals surface area contributed by atoms with Crippen LogP contribution in [0.5, 0.6) is 0 Å². The van der Waals surface area contributed by atoms with Crippen molar-refractivity contribution >= 4 is 5.97 Å². The maximum absolute atomic E-state index is 10.8. The second-order valence-corrected chi connectivity index (χ2v) is 3.52. The van der Waals surface area contributed by atoms with Crippen LogP contribution in [0, 0.1) is 0 Å². The average Bonchev–Trinajstić information content (AvgIpc) is 2.49. The van der Waals surface area contributed by atoms with E-state index in [0.29, 0.717) is 0 Å². The molecular weight excluding hydrogens is 156 g/mol. The van der Waals surface area contributed by atoms with Gasteiger partial charge in [-0.25, -0.2) is 0 Å². The van der Waals surface area contributed by atoms with Gasteiger partial charge < -0.3 is 10.4 Å². The molecule has 0 aliphatic carbocycles. The minimum Gasteiger partial charge on any atom is -0.480 e. The molecule has 12 heavy (non-hydrogen) atoms. The van der Waals surface area contributed by atoms with Crippen LogP contribution in [0.4, 0.5) is 0 Å².